The second kappa shape index (κ2) is 9.13. The Morgan fingerprint density at radius 1 is 0.742 bits per heavy atom. The van der Waals surface area contributed by atoms with Crippen molar-refractivity contribution in [3.05, 3.63) is 103 Å². The van der Waals surface area contributed by atoms with Crippen LogP contribution in [-0.4, -0.2) is 25.4 Å². The maximum absolute atomic E-state index is 12.8. The van der Waals surface area contributed by atoms with Crippen molar-refractivity contribution in [3.63, 3.8) is 0 Å². The van der Waals surface area contributed by atoms with Crippen LogP contribution in [0.1, 0.15) is 10.4 Å². The molecule has 0 aliphatic carbocycles. The highest BCUT2D eigenvalue weighted by Crippen LogP contribution is 2.19. The van der Waals surface area contributed by atoms with Gasteiger partial charge in [-0.05, 0) is 53.2 Å². The number of nitrogens with zero attached hydrogens (tertiary/aromatic N) is 1. The molecule has 0 aliphatic heterocycles. The van der Waals surface area contributed by atoms with Gasteiger partial charge in [-0.25, -0.2) is 0 Å². The first-order valence-electron chi connectivity index (χ1n) is 10.1. The minimum atomic E-state index is -0.159. The van der Waals surface area contributed by atoms with E-state index in [1.54, 1.807) is 30.1 Å². The Bertz CT molecular complexity index is 1220. The van der Waals surface area contributed by atoms with Gasteiger partial charge in [0.25, 0.3) is 5.91 Å². The van der Waals surface area contributed by atoms with E-state index in [9.17, 15) is 9.59 Å². The van der Waals surface area contributed by atoms with Crippen LogP contribution in [0.4, 0.5) is 17.1 Å². The molecule has 0 spiro atoms. The third-order valence-corrected chi connectivity index (χ3v) is 5.04. The van der Waals surface area contributed by atoms with Crippen molar-refractivity contribution in [1.29, 1.82) is 0 Å². The van der Waals surface area contributed by atoms with Crippen LogP contribution in [0.3, 0.4) is 0 Å². The summed E-state index contributed by atoms with van der Waals surface area (Å²) in [5.74, 6) is -0.274. The number of nitrogens with one attached hydrogen (secondary N) is 2. The van der Waals surface area contributed by atoms with Crippen molar-refractivity contribution in [1.82, 2.24) is 0 Å². The Morgan fingerprint density at radius 3 is 2.29 bits per heavy atom. The number of carbonyl (C=O) groups is 2. The fourth-order valence-electron chi connectivity index (χ4n) is 3.38. The van der Waals surface area contributed by atoms with E-state index in [-0.39, 0.29) is 18.4 Å². The number of amides is 2. The van der Waals surface area contributed by atoms with E-state index in [2.05, 4.69) is 10.6 Å². The summed E-state index contributed by atoms with van der Waals surface area (Å²) in [7, 11) is 1.74. The van der Waals surface area contributed by atoms with Crippen LogP contribution in [0.2, 0.25) is 0 Å². The van der Waals surface area contributed by atoms with Crippen molar-refractivity contribution in [3.8, 4) is 0 Å². The molecule has 0 unspecified atom stereocenters. The van der Waals surface area contributed by atoms with E-state index < -0.39 is 0 Å². The maximum Gasteiger partial charge on any atom is 0.258 e. The van der Waals surface area contributed by atoms with Crippen LogP contribution >= 0.6 is 0 Å². The second-order valence-electron chi connectivity index (χ2n) is 7.24. The molecule has 0 bridgehead atoms. The molecule has 0 aliphatic rings. The zero-order valence-corrected chi connectivity index (χ0v) is 17.2. The van der Waals surface area contributed by atoms with Crippen molar-refractivity contribution in [2.24, 2.45) is 0 Å². The highest BCUT2D eigenvalue weighted by Gasteiger charge is 2.13. The molecule has 0 saturated heterocycles. The number of fused-ring (bicyclic) bond motifs is 1. The first kappa shape index (κ1) is 20.2. The fraction of sp³-hybridized carbons (Fsp3) is 0.0769. The van der Waals surface area contributed by atoms with Gasteiger partial charge in [0, 0.05) is 29.7 Å². The number of hydrogen-bond acceptors (Lipinski definition) is 3. The third-order valence-electron chi connectivity index (χ3n) is 5.04. The highest BCUT2D eigenvalue weighted by atomic mass is 16.2. The summed E-state index contributed by atoms with van der Waals surface area (Å²) in [5, 5.41) is 8.19. The molecule has 4 aromatic rings. The number of benzene rings is 4. The molecule has 0 atom stereocenters. The average molecular weight is 409 g/mol. The van der Waals surface area contributed by atoms with Crippen molar-refractivity contribution >= 4 is 39.6 Å². The zero-order valence-electron chi connectivity index (χ0n) is 17.2. The lowest BCUT2D eigenvalue weighted by Crippen LogP contribution is -2.26. The van der Waals surface area contributed by atoms with Crippen molar-refractivity contribution < 1.29 is 9.59 Å². The molecular formula is C26H23N3O2. The van der Waals surface area contributed by atoms with Crippen LogP contribution in [-0.2, 0) is 4.79 Å². The van der Waals surface area contributed by atoms with Gasteiger partial charge in [-0.3, -0.25) is 9.59 Å². The number of rotatable bonds is 6. The van der Waals surface area contributed by atoms with Gasteiger partial charge in [0.05, 0.1) is 6.54 Å². The number of anilines is 3. The number of para-hydroxylation sites is 1. The lowest BCUT2D eigenvalue weighted by Gasteiger charge is -2.18. The van der Waals surface area contributed by atoms with Gasteiger partial charge >= 0.3 is 0 Å². The molecule has 0 fully saturated rings. The van der Waals surface area contributed by atoms with Gasteiger partial charge in [-0.15, -0.1) is 0 Å². The molecular weight excluding hydrogens is 386 g/mol. The summed E-state index contributed by atoms with van der Waals surface area (Å²) in [6.07, 6.45) is 0. The smallest absolute Gasteiger partial charge is 0.258 e. The van der Waals surface area contributed by atoms with Gasteiger partial charge in [0.15, 0.2) is 0 Å². The van der Waals surface area contributed by atoms with Crippen LogP contribution < -0.4 is 15.5 Å². The van der Waals surface area contributed by atoms with Gasteiger partial charge in [-0.2, -0.15) is 0 Å². The molecule has 0 heterocycles. The molecule has 5 nitrogen and oxygen atoms in total. The van der Waals surface area contributed by atoms with E-state index in [1.165, 1.54) is 0 Å². The van der Waals surface area contributed by atoms with Crippen LogP contribution in [0.15, 0.2) is 97.1 Å². The quantitative estimate of drug-likeness (QED) is 0.462. The summed E-state index contributed by atoms with van der Waals surface area (Å²) in [4.78, 5) is 26.8. The Kier molecular flexibility index (Phi) is 5.94. The molecule has 31 heavy (non-hydrogen) atoms. The largest absolute Gasteiger partial charge is 0.376 e. The summed E-state index contributed by atoms with van der Waals surface area (Å²) < 4.78 is 0. The van der Waals surface area contributed by atoms with Gasteiger partial charge in [0.1, 0.15) is 0 Å². The topological polar surface area (TPSA) is 61.4 Å². The molecule has 4 aromatic carbocycles. The van der Waals surface area contributed by atoms with E-state index >= 15 is 0 Å². The summed E-state index contributed by atoms with van der Waals surface area (Å²) >= 11 is 0. The molecule has 154 valence electrons. The van der Waals surface area contributed by atoms with E-state index in [4.69, 9.17) is 0 Å². The summed E-state index contributed by atoms with van der Waals surface area (Å²) in [6.45, 7) is 0.0962. The molecule has 0 aromatic heterocycles. The lowest BCUT2D eigenvalue weighted by atomic mass is 10.1. The Balaban J connectivity index is 1.38. The normalized spacial score (nSPS) is 10.5. The number of hydrogen-bond donors (Lipinski definition) is 2. The minimum Gasteiger partial charge on any atom is -0.376 e. The maximum atomic E-state index is 12.8. The molecule has 4 rings (SSSR count). The average Bonchev–Trinajstić information content (AvgIpc) is 2.82. The van der Waals surface area contributed by atoms with E-state index in [0.717, 1.165) is 22.1 Å². The van der Waals surface area contributed by atoms with E-state index in [1.807, 2.05) is 78.9 Å². The van der Waals surface area contributed by atoms with Gasteiger partial charge < -0.3 is 15.5 Å². The lowest BCUT2D eigenvalue weighted by molar-refractivity contribution is -0.114. The Morgan fingerprint density at radius 2 is 1.48 bits per heavy atom. The molecule has 0 radical (unpaired) electrons. The van der Waals surface area contributed by atoms with Gasteiger partial charge in [0.2, 0.25) is 5.91 Å². The summed E-state index contributed by atoms with van der Waals surface area (Å²) in [5.41, 5.74) is 2.83. The van der Waals surface area contributed by atoms with Crippen LogP contribution in [0, 0.1) is 0 Å². The Labute approximate surface area is 181 Å². The van der Waals surface area contributed by atoms with Crippen molar-refractivity contribution in [2.75, 3.05) is 29.1 Å². The predicted octanol–water partition coefficient (Wildman–Crippen LogP) is 5.17. The van der Waals surface area contributed by atoms with Gasteiger partial charge in [-0.1, -0.05) is 54.6 Å². The molecule has 2 N–H and O–H groups in total. The molecule has 5 heteroatoms. The molecule has 0 saturated carbocycles. The highest BCUT2D eigenvalue weighted by molar-refractivity contribution is 6.06. The monoisotopic (exact) mass is 409 g/mol. The Hall–Kier alpha value is -4.12. The number of carbonyl (C=O) groups excluding carboxylic acids is 2. The first-order valence-corrected chi connectivity index (χ1v) is 10.1. The third kappa shape index (κ3) is 4.90. The zero-order chi connectivity index (χ0) is 21.6. The van der Waals surface area contributed by atoms with Crippen molar-refractivity contribution in [2.45, 2.75) is 0 Å². The standard InChI is InChI=1S/C26H23N3O2/c1-29(24-12-3-2-4-13-24)26(31)21-10-7-11-22(17-21)27-18-25(30)28-23-15-14-19-8-5-6-9-20(19)16-23/h2-17,27H,18H2,1H3,(H,28,30). The fourth-order valence-corrected chi connectivity index (χ4v) is 3.38. The van der Waals surface area contributed by atoms with Crippen LogP contribution in [0.25, 0.3) is 10.8 Å². The van der Waals surface area contributed by atoms with E-state index in [0.29, 0.717) is 11.3 Å². The van der Waals surface area contributed by atoms with Crippen LogP contribution in [0.5, 0.6) is 0 Å². The SMILES string of the molecule is CN(C(=O)c1cccc(NCC(=O)Nc2ccc3ccccc3c2)c1)c1ccccc1. The second-order valence-corrected chi connectivity index (χ2v) is 7.24. The minimum absolute atomic E-state index is 0.0962. The predicted molar refractivity (Wildman–Crippen MR) is 127 cm³/mol. The molecule has 2 amide bonds. The first-order chi connectivity index (χ1) is 15.1. The summed E-state index contributed by atoms with van der Waals surface area (Å²) in [6, 6.07) is 30.5.